The Morgan fingerprint density at radius 3 is 2.50 bits per heavy atom. The van der Waals surface area contributed by atoms with Gasteiger partial charge >= 0.3 is 0 Å². The summed E-state index contributed by atoms with van der Waals surface area (Å²) < 4.78 is 0. The van der Waals surface area contributed by atoms with E-state index in [1.165, 1.54) is 5.70 Å². The van der Waals surface area contributed by atoms with E-state index in [9.17, 15) is 0 Å². The summed E-state index contributed by atoms with van der Waals surface area (Å²) in [5.41, 5.74) is 1.18. The fraction of sp³-hybridized carbons (Fsp3) is 0.500. The second kappa shape index (κ2) is 4.45. The maximum Gasteiger partial charge on any atom is 0.0687 e. The highest BCUT2D eigenvalue weighted by molar-refractivity contribution is 7.80. The molecule has 0 rings (SSSR count). The first kappa shape index (κ1) is 9.63. The molecule has 1 unspecified atom stereocenters. The van der Waals surface area contributed by atoms with Crippen LogP contribution in [0.15, 0.2) is 24.4 Å². The van der Waals surface area contributed by atoms with E-state index in [-0.39, 0.29) is 5.37 Å². The highest BCUT2D eigenvalue weighted by Crippen LogP contribution is 2.07. The van der Waals surface area contributed by atoms with Gasteiger partial charge in [-0.25, -0.2) is 0 Å². The summed E-state index contributed by atoms with van der Waals surface area (Å²) in [4.78, 5) is 2.07. The van der Waals surface area contributed by atoms with Crippen LogP contribution in [0.1, 0.15) is 13.8 Å². The molecule has 0 aromatic carbocycles. The van der Waals surface area contributed by atoms with Gasteiger partial charge in [0.25, 0.3) is 0 Å². The molecule has 0 bridgehead atoms. The summed E-state index contributed by atoms with van der Waals surface area (Å²) in [6, 6.07) is 0. The van der Waals surface area contributed by atoms with E-state index in [0.29, 0.717) is 0 Å². The Hall–Kier alpha value is -0.370. The Kier molecular flexibility index (Phi) is 4.28. The summed E-state index contributed by atoms with van der Waals surface area (Å²) >= 11 is 4.28. The standard InChI is InChI=1S/C8H15NS/c1-5-6-7(2)9(4)8(3)10/h5-6,8,10H,1H2,2-4H3/b7-6-. The second-order valence-electron chi connectivity index (χ2n) is 2.29. The van der Waals surface area contributed by atoms with Crippen molar-refractivity contribution in [2.24, 2.45) is 0 Å². The van der Waals surface area contributed by atoms with Gasteiger partial charge in [-0.05, 0) is 19.9 Å². The van der Waals surface area contributed by atoms with E-state index in [0.717, 1.165) is 0 Å². The van der Waals surface area contributed by atoms with E-state index in [2.05, 4.69) is 24.1 Å². The summed E-state index contributed by atoms with van der Waals surface area (Å²) in [5.74, 6) is 0. The van der Waals surface area contributed by atoms with E-state index in [4.69, 9.17) is 0 Å². The van der Waals surface area contributed by atoms with Crippen molar-refractivity contribution < 1.29 is 0 Å². The fourth-order valence-corrected chi connectivity index (χ4v) is 0.765. The summed E-state index contributed by atoms with van der Waals surface area (Å²) in [7, 11) is 2.01. The predicted octanol–water partition coefficient (Wildman–Crippen LogP) is 2.28. The molecule has 10 heavy (non-hydrogen) atoms. The zero-order valence-electron chi connectivity index (χ0n) is 6.83. The third-order valence-corrected chi connectivity index (χ3v) is 1.82. The van der Waals surface area contributed by atoms with Gasteiger partial charge in [0.05, 0.1) is 5.37 Å². The lowest BCUT2D eigenvalue weighted by molar-refractivity contribution is 0.414. The summed E-state index contributed by atoms with van der Waals surface area (Å²) in [5, 5.41) is 0.260. The van der Waals surface area contributed by atoms with Crippen LogP contribution in [-0.2, 0) is 0 Å². The Bertz CT molecular complexity index is 138. The Labute approximate surface area is 68.8 Å². The first-order valence-corrected chi connectivity index (χ1v) is 3.81. The SMILES string of the molecule is C=C/C=C(/C)N(C)C(C)S. The first-order chi connectivity index (χ1) is 4.59. The molecule has 0 N–H and O–H groups in total. The summed E-state index contributed by atoms with van der Waals surface area (Å²) in [6.45, 7) is 7.68. The molecule has 0 aliphatic heterocycles. The maximum absolute atomic E-state index is 4.28. The molecule has 0 saturated heterocycles. The van der Waals surface area contributed by atoms with Crippen molar-refractivity contribution in [2.45, 2.75) is 19.2 Å². The van der Waals surface area contributed by atoms with Gasteiger partial charge in [0.1, 0.15) is 0 Å². The smallest absolute Gasteiger partial charge is 0.0687 e. The maximum atomic E-state index is 4.28. The van der Waals surface area contributed by atoms with E-state index >= 15 is 0 Å². The second-order valence-corrected chi connectivity index (χ2v) is 3.03. The Morgan fingerprint density at radius 1 is 1.70 bits per heavy atom. The van der Waals surface area contributed by atoms with Crippen molar-refractivity contribution in [1.29, 1.82) is 0 Å². The average molecular weight is 157 g/mol. The molecule has 0 fully saturated rings. The highest BCUT2D eigenvalue weighted by atomic mass is 32.1. The third kappa shape index (κ3) is 2.97. The molecule has 0 aromatic heterocycles. The average Bonchev–Trinajstić information content (AvgIpc) is 1.87. The molecule has 58 valence electrons. The number of hydrogen-bond acceptors (Lipinski definition) is 2. The topological polar surface area (TPSA) is 3.24 Å². The lowest BCUT2D eigenvalue weighted by Gasteiger charge is -2.23. The van der Waals surface area contributed by atoms with Gasteiger partial charge in [-0.3, -0.25) is 0 Å². The molecule has 0 aliphatic rings. The van der Waals surface area contributed by atoms with Crippen molar-refractivity contribution in [3.05, 3.63) is 24.4 Å². The van der Waals surface area contributed by atoms with Crippen LogP contribution in [0.2, 0.25) is 0 Å². The van der Waals surface area contributed by atoms with Gasteiger partial charge in [-0.15, -0.1) is 0 Å². The number of hydrogen-bond donors (Lipinski definition) is 1. The van der Waals surface area contributed by atoms with Gasteiger partial charge in [-0.1, -0.05) is 12.7 Å². The van der Waals surface area contributed by atoms with Crippen LogP contribution in [0.25, 0.3) is 0 Å². The van der Waals surface area contributed by atoms with Gasteiger partial charge in [0.15, 0.2) is 0 Å². The van der Waals surface area contributed by atoms with Gasteiger partial charge < -0.3 is 4.90 Å². The third-order valence-electron chi connectivity index (χ3n) is 1.48. The van der Waals surface area contributed by atoms with E-state index < -0.39 is 0 Å². The van der Waals surface area contributed by atoms with Gasteiger partial charge in [0, 0.05) is 12.7 Å². The van der Waals surface area contributed by atoms with Crippen molar-refractivity contribution in [3.63, 3.8) is 0 Å². The van der Waals surface area contributed by atoms with Crippen molar-refractivity contribution in [3.8, 4) is 0 Å². The van der Waals surface area contributed by atoms with E-state index in [1.807, 2.05) is 27.0 Å². The predicted molar refractivity (Wildman–Crippen MR) is 50.2 cm³/mol. The summed E-state index contributed by atoms with van der Waals surface area (Å²) in [6.07, 6.45) is 3.74. The van der Waals surface area contributed by atoms with Gasteiger partial charge in [-0.2, -0.15) is 12.6 Å². The molecule has 0 aromatic rings. The molecular weight excluding hydrogens is 142 g/mol. The van der Waals surface area contributed by atoms with Crippen LogP contribution >= 0.6 is 12.6 Å². The van der Waals surface area contributed by atoms with Crippen molar-refractivity contribution >= 4 is 12.6 Å². The van der Waals surface area contributed by atoms with Crippen LogP contribution in [0, 0.1) is 0 Å². The van der Waals surface area contributed by atoms with Crippen LogP contribution < -0.4 is 0 Å². The van der Waals surface area contributed by atoms with Crippen LogP contribution in [0.4, 0.5) is 0 Å². The van der Waals surface area contributed by atoms with Crippen LogP contribution in [0.3, 0.4) is 0 Å². The minimum atomic E-state index is 0.260. The molecule has 1 atom stereocenters. The normalized spacial score (nSPS) is 14.6. The quantitative estimate of drug-likeness (QED) is 0.374. The molecule has 1 nitrogen and oxygen atoms in total. The minimum Gasteiger partial charge on any atom is -0.367 e. The fourth-order valence-electron chi connectivity index (χ4n) is 0.583. The molecule has 0 aliphatic carbocycles. The van der Waals surface area contributed by atoms with E-state index in [1.54, 1.807) is 6.08 Å². The molecule has 0 heterocycles. The monoisotopic (exact) mass is 157 g/mol. The largest absolute Gasteiger partial charge is 0.367 e. The van der Waals surface area contributed by atoms with Crippen LogP contribution in [-0.4, -0.2) is 17.3 Å². The number of allylic oxidation sites excluding steroid dienone is 3. The van der Waals surface area contributed by atoms with Crippen LogP contribution in [0.5, 0.6) is 0 Å². The Balaban J connectivity index is 4.06. The number of rotatable bonds is 3. The molecule has 0 amide bonds. The lowest BCUT2D eigenvalue weighted by Crippen LogP contribution is -2.22. The molecule has 0 saturated carbocycles. The highest BCUT2D eigenvalue weighted by Gasteiger charge is 2.01. The molecule has 0 spiro atoms. The molecular formula is C8H15NS. The minimum absolute atomic E-state index is 0.260. The zero-order chi connectivity index (χ0) is 8.15. The Morgan fingerprint density at radius 2 is 2.20 bits per heavy atom. The lowest BCUT2D eigenvalue weighted by atomic mass is 10.4. The first-order valence-electron chi connectivity index (χ1n) is 3.29. The van der Waals surface area contributed by atoms with Crippen molar-refractivity contribution in [1.82, 2.24) is 4.90 Å². The molecule has 2 heteroatoms. The van der Waals surface area contributed by atoms with Crippen molar-refractivity contribution in [2.75, 3.05) is 7.05 Å². The van der Waals surface area contributed by atoms with Gasteiger partial charge in [0.2, 0.25) is 0 Å². The number of nitrogens with zero attached hydrogens (tertiary/aromatic N) is 1. The number of thiol groups is 1. The molecule has 0 radical (unpaired) electrons. The zero-order valence-corrected chi connectivity index (χ0v) is 7.73.